The number of benzene rings is 1. The van der Waals surface area contributed by atoms with Crippen LogP contribution in [0.4, 0.5) is 10.1 Å². The Hall–Kier alpha value is -2.60. The van der Waals surface area contributed by atoms with Gasteiger partial charge in [0.15, 0.2) is 10.9 Å². The number of furan rings is 1. The molecule has 0 aliphatic carbocycles. The van der Waals surface area contributed by atoms with Crippen LogP contribution in [0.5, 0.6) is 0 Å². The van der Waals surface area contributed by atoms with E-state index in [2.05, 4.69) is 10.3 Å². The van der Waals surface area contributed by atoms with Gasteiger partial charge in [-0.25, -0.2) is 4.98 Å². The molecule has 0 aliphatic heterocycles. The van der Waals surface area contributed by atoms with Crippen LogP contribution in [0.3, 0.4) is 0 Å². The molecule has 106 valence electrons. The third kappa shape index (κ3) is 2.80. The first-order valence-corrected chi connectivity index (χ1v) is 7.13. The molecule has 0 spiro atoms. The van der Waals surface area contributed by atoms with E-state index in [1.807, 2.05) is 31.2 Å². The average molecular weight is 299 g/mol. The number of nitrogens with two attached hydrogens (primary N) is 1. The van der Waals surface area contributed by atoms with Gasteiger partial charge in [-0.05, 0) is 19.1 Å². The first-order chi connectivity index (χ1) is 10.1. The van der Waals surface area contributed by atoms with Crippen molar-refractivity contribution in [3.63, 3.8) is 0 Å². The summed E-state index contributed by atoms with van der Waals surface area (Å²) < 4.78 is 5.04. The fraction of sp³-hybridized carbons (Fsp3) is 0.0667. The lowest BCUT2D eigenvalue weighted by atomic mass is 10.1. The van der Waals surface area contributed by atoms with Crippen molar-refractivity contribution >= 4 is 27.4 Å². The van der Waals surface area contributed by atoms with Gasteiger partial charge in [-0.2, -0.15) is 0 Å². The highest BCUT2D eigenvalue weighted by Gasteiger charge is 2.15. The van der Waals surface area contributed by atoms with Crippen molar-refractivity contribution in [2.75, 3.05) is 11.1 Å². The van der Waals surface area contributed by atoms with E-state index < -0.39 is 0 Å². The van der Waals surface area contributed by atoms with E-state index in [4.69, 9.17) is 10.2 Å². The number of rotatable bonds is 3. The van der Waals surface area contributed by atoms with Gasteiger partial charge in [0.2, 0.25) is 0 Å². The van der Waals surface area contributed by atoms with Crippen molar-refractivity contribution in [1.29, 1.82) is 0 Å². The Kier molecular flexibility index (Phi) is 3.45. The van der Waals surface area contributed by atoms with Crippen molar-refractivity contribution in [2.45, 2.75) is 6.92 Å². The molecule has 0 radical (unpaired) electrons. The number of hydrogen-bond acceptors (Lipinski definition) is 5. The number of thiazole rings is 1. The van der Waals surface area contributed by atoms with Gasteiger partial charge in [0.05, 0.1) is 6.26 Å². The summed E-state index contributed by atoms with van der Waals surface area (Å²) in [5.41, 5.74) is 8.75. The number of aromatic nitrogens is 1. The molecule has 5 nitrogen and oxygen atoms in total. The van der Waals surface area contributed by atoms with Crippen LogP contribution in [0.25, 0.3) is 11.3 Å². The normalized spacial score (nSPS) is 10.5. The lowest BCUT2D eigenvalue weighted by Gasteiger charge is -1.99. The number of amides is 1. The molecule has 6 heteroatoms. The second-order valence-electron chi connectivity index (χ2n) is 4.53. The Bertz CT molecular complexity index is 761. The summed E-state index contributed by atoms with van der Waals surface area (Å²) in [7, 11) is 0. The van der Waals surface area contributed by atoms with Gasteiger partial charge >= 0.3 is 0 Å². The maximum atomic E-state index is 11.9. The van der Waals surface area contributed by atoms with E-state index in [1.165, 1.54) is 23.2 Å². The first-order valence-electron chi connectivity index (χ1n) is 6.31. The minimum absolute atomic E-state index is 0.237. The van der Waals surface area contributed by atoms with Crippen molar-refractivity contribution in [3.8, 4) is 11.3 Å². The summed E-state index contributed by atoms with van der Waals surface area (Å²) in [5.74, 6) is -0.107. The molecule has 0 saturated carbocycles. The Morgan fingerprint density at radius 1 is 1.29 bits per heavy atom. The number of hydrogen-bond donors (Lipinski definition) is 2. The maximum absolute atomic E-state index is 11.9. The molecule has 21 heavy (non-hydrogen) atoms. The van der Waals surface area contributed by atoms with E-state index >= 15 is 0 Å². The highest BCUT2D eigenvalue weighted by molar-refractivity contribution is 7.20. The molecule has 0 bridgehead atoms. The fourth-order valence-electron chi connectivity index (χ4n) is 1.87. The Morgan fingerprint density at radius 2 is 2.05 bits per heavy atom. The molecule has 3 rings (SSSR count). The Balaban J connectivity index is 1.84. The molecule has 1 amide bonds. The molecular weight excluding hydrogens is 286 g/mol. The van der Waals surface area contributed by atoms with Crippen molar-refractivity contribution in [2.24, 2.45) is 0 Å². The Morgan fingerprint density at radius 3 is 2.71 bits per heavy atom. The lowest BCUT2D eigenvalue weighted by molar-refractivity contribution is 0.0996. The molecule has 0 atom stereocenters. The molecule has 0 aliphatic rings. The standard InChI is InChI=1S/C15H13N3O2S/c1-9-4-6-10(7-5-9)12-13(16)21-15(17-12)18-14(19)11-3-2-8-20-11/h2-8H,16H2,1H3,(H,17,18,19). The lowest BCUT2D eigenvalue weighted by Crippen LogP contribution is -2.10. The number of carbonyl (C=O) groups is 1. The van der Waals surface area contributed by atoms with Crippen molar-refractivity contribution in [3.05, 3.63) is 54.0 Å². The predicted octanol–water partition coefficient (Wildman–Crippen LogP) is 3.55. The third-order valence-corrected chi connectivity index (χ3v) is 3.74. The van der Waals surface area contributed by atoms with Crippen LogP contribution in [0, 0.1) is 6.92 Å². The van der Waals surface area contributed by atoms with E-state index in [0.29, 0.717) is 15.8 Å². The third-order valence-electron chi connectivity index (χ3n) is 2.94. The minimum Gasteiger partial charge on any atom is -0.459 e. The number of aryl methyl sites for hydroxylation is 1. The number of carbonyl (C=O) groups excluding carboxylic acids is 1. The predicted molar refractivity (Wildman–Crippen MR) is 83.4 cm³/mol. The van der Waals surface area contributed by atoms with E-state index in [1.54, 1.807) is 12.1 Å². The van der Waals surface area contributed by atoms with Crippen LogP contribution >= 0.6 is 11.3 Å². The summed E-state index contributed by atoms with van der Waals surface area (Å²) in [6, 6.07) is 11.2. The summed E-state index contributed by atoms with van der Waals surface area (Å²) in [4.78, 5) is 16.3. The summed E-state index contributed by atoms with van der Waals surface area (Å²) >= 11 is 1.23. The summed E-state index contributed by atoms with van der Waals surface area (Å²) in [6.07, 6.45) is 1.45. The zero-order chi connectivity index (χ0) is 14.8. The molecule has 1 aromatic carbocycles. The molecule has 3 N–H and O–H groups in total. The zero-order valence-electron chi connectivity index (χ0n) is 11.3. The number of anilines is 2. The van der Waals surface area contributed by atoms with Crippen LogP contribution in [-0.2, 0) is 0 Å². The highest BCUT2D eigenvalue weighted by Crippen LogP contribution is 2.33. The minimum atomic E-state index is -0.343. The van der Waals surface area contributed by atoms with E-state index in [-0.39, 0.29) is 11.7 Å². The smallest absolute Gasteiger partial charge is 0.293 e. The van der Waals surface area contributed by atoms with Gasteiger partial charge in [0.25, 0.3) is 5.91 Å². The van der Waals surface area contributed by atoms with Gasteiger partial charge in [0.1, 0.15) is 10.7 Å². The van der Waals surface area contributed by atoms with E-state index in [0.717, 1.165) is 5.56 Å². The fourth-order valence-corrected chi connectivity index (χ4v) is 2.62. The van der Waals surface area contributed by atoms with Gasteiger partial charge < -0.3 is 10.2 Å². The summed E-state index contributed by atoms with van der Waals surface area (Å²) in [6.45, 7) is 2.02. The quantitative estimate of drug-likeness (QED) is 0.775. The van der Waals surface area contributed by atoms with Crippen LogP contribution in [-0.4, -0.2) is 10.9 Å². The SMILES string of the molecule is Cc1ccc(-c2nc(NC(=O)c3ccco3)sc2N)cc1. The van der Waals surface area contributed by atoms with Gasteiger partial charge in [-0.3, -0.25) is 10.1 Å². The van der Waals surface area contributed by atoms with Crippen molar-refractivity contribution < 1.29 is 9.21 Å². The second kappa shape index (κ2) is 5.41. The molecular formula is C15H13N3O2S. The van der Waals surface area contributed by atoms with Crippen LogP contribution in [0.15, 0.2) is 47.1 Å². The van der Waals surface area contributed by atoms with Gasteiger partial charge in [-0.1, -0.05) is 41.2 Å². The Labute approximate surface area is 125 Å². The largest absolute Gasteiger partial charge is 0.459 e. The average Bonchev–Trinajstić information content (AvgIpc) is 3.10. The second-order valence-corrected chi connectivity index (χ2v) is 5.56. The molecule has 0 saturated heterocycles. The first kappa shape index (κ1) is 13.4. The van der Waals surface area contributed by atoms with E-state index in [9.17, 15) is 4.79 Å². The topological polar surface area (TPSA) is 81.2 Å². The maximum Gasteiger partial charge on any atom is 0.293 e. The zero-order valence-corrected chi connectivity index (χ0v) is 12.1. The monoisotopic (exact) mass is 299 g/mol. The van der Waals surface area contributed by atoms with Crippen LogP contribution < -0.4 is 11.1 Å². The number of nitrogens with zero attached hydrogens (tertiary/aromatic N) is 1. The molecule has 0 unspecified atom stereocenters. The van der Waals surface area contributed by atoms with Gasteiger partial charge in [-0.15, -0.1) is 0 Å². The molecule has 3 aromatic rings. The highest BCUT2D eigenvalue weighted by atomic mass is 32.1. The molecule has 2 heterocycles. The van der Waals surface area contributed by atoms with Crippen LogP contribution in [0.2, 0.25) is 0 Å². The molecule has 2 aromatic heterocycles. The summed E-state index contributed by atoms with van der Waals surface area (Å²) in [5, 5.41) is 3.69. The van der Waals surface area contributed by atoms with Crippen LogP contribution in [0.1, 0.15) is 16.1 Å². The molecule has 0 fully saturated rings. The number of nitrogen functional groups attached to an aromatic ring is 1. The van der Waals surface area contributed by atoms with Crippen molar-refractivity contribution in [1.82, 2.24) is 4.98 Å². The number of nitrogens with one attached hydrogen (secondary N) is 1. The van der Waals surface area contributed by atoms with Gasteiger partial charge in [0, 0.05) is 5.56 Å².